The highest BCUT2D eigenvalue weighted by Crippen LogP contribution is 2.32. The van der Waals surface area contributed by atoms with Gasteiger partial charge in [0.05, 0.1) is 19.8 Å². The highest BCUT2D eigenvalue weighted by molar-refractivity contribution is 7.98. The maximum atomic E-state index is 12.0. The van der Waals surface area contributed by atoms with E-state index in [9.17, 15) is 9.59 Å². The van der Waals surface area contributed by atoms with E-state index in [2.05, 4.69) is 0 Å². The number of carbonyl (C=O) groups excluding carboxylic acids is 2. The van der Waals surface area contributed by atoms with Gasteiger partial charge in [0.1, 0.15) is 11.3 Å². The molecule has 5 nitrogen and oxygen atoms in total. The van der Waals surface area contributed by atoms with E-state index in [0.717, 1.165) is 4.90 Å². The lowest BCUT2D eigenvalue weighted by molar-refractivity contribution is -0.143. The SMILES string of the molecule is CCOC(=O)CCCOc1c(SC)cccc1C(=O)OCC. The van der Waals surface area contributed by atoms with E-state index in [-0.39, 0.29) is 5.97 Å². The minimum Gasteiger partial charge on any atom is -0.491 e. The molecule has 0 radical (unpaired) electrons. The number of rotatable bonds is 9. The van der Waals surface area contributed by atoms with Crippen molar-refractivity contribution < 1.29 is 23.8 Å². The summed E-state index contributed by atoms with van der Waals surface area (Å²) < 4.78 is 15.6. The van der Waals surface area contributed by atoms with Crippen LogP contribution in [0.15, 0.2) is 23.1 Å². The zero-order valence-electron chi connectivity index (χ0n) is 13.2. The number of hydrogen-bond donors (Lipinski definition) is 0. The van der Waals surface area contributed by atoms with Crippen LogP contribution < -0.4 is 4.74 Å². The Morgan fingerprint density at radius 1 is 1.14 bits per heavy atom. The Labute approximate surface area is 135 Å². The lowest BCUT2D eigenvalue weighted by Gasteiger charge is -2.14. The maximum Gasteiger partial charge on any atom is 0.341 e. The van der Waals surface area contributed by atoms with Crippen molar-refractivity contribution in [2.24, 2.45) is 0 Å². The normalized spacial score (nSPS) is 10.1. The third-order valence-electron chi connectivity index (χ3n) is 2.77. The number of ether oxygens (including phenoxy) is 3. The molecule has 0 aliphatic rings. The summed E-state index contributed by atoms with van der Waals surface area (Å²) in [5.41, 5.74) is 0.407. The molecule has 0 N–H and O–H groups in total. The second-order valence-corrected chi connectivity index (χ2v) is 5.16. The topological polar surface area (TPSA) is 61.8 Å². The summed E-state index contributed by atoms with van der Waals surface area (Å²) in [6.45, 7) is 4.56. The molecule has 0 bridgehead atoms. The van der Waals surface area contributed by atoms with Crippen LogP contribution in [0.1, 0.15) is 37.0 Å². The minimum atomic E-state index is -0.404. The summed E-state index contributed by atoms with van der Waals surface area (Å²) >= 11 is 1.49. The molecule has 0 amide bonds. The summed E-state index contributed by atoms with van der Waals surface area (Å²) in [5, 5.41) is 0. The highest BCUT2D eigenvalue weighted by atomic mass is 32.2. The molecule has 0 fully saturated rings. The van der Waals surface area contributed by atoms with Gasteiger partial charge in [-0.2, -0.15) is 0 Å². The van der Waals surface area contributed by atoms with E-state index >= 15 is 0 Å². The summed E-state index contributed by atoms with van der Waals surface area (Å²) in [4.78, 5) is 24.1. The van der Waals surface area contributed by atoms with Crippen molar-refractivity contribution in [2.75, 3.05) is 26.1 Å². The summed E-state index contributed by atoms with van der Waals surface area (Å²) in [5.74, 6) is -0.133. The molecule has 0 atom stereocenters. The number of carbonyl (C=O) groups is 2. The predicted octanol–water partition coefficient (Wildman–Crippen LogP) is 3.31. The number of para-hydroxylation sites is 1. The quantitative estimate of drug-likeness (QED) is 0.394. The molecular formula is C16H22O5S. The van der Waals surface area contributed by atoms with Gasteiger partial charge < -0.3 is 14.2 Å². The molecular weight excluding hydrogens is 304 g/mol. The first-order valence-corrected chi connectivity index (χ1v) is 8.49. The van der Waals surface area contributed by atoms with Gasteiger partial charge in [-0.3, -0.25) is 4.79 Å². The Morgan fingerprint density at radius 2 is 1.86 bits per heavy atom. The van der Waals surface area contributed by atoms with Crippen LogP contribution in [0.4, 0.5) is 0 Å². The maximum absolute atomic E-state index is 12.0. The Balaban J connectivity index is 2.71. The van der Waals surface area contributed by atoms with E-state index in [1.165, 1.54) is 11.8 Å². The van der Waals surface area contributed by atoms with Crippen molar-refractivity contribution in [3.8, 4) is 5.75 Å². The van der Waals surface area contributed by atoms with Crippen molar-refractivity contribution in [2.45, 2.75) is 31.6 Å². The van der Waals surface area contributed by atoms with Crippen molar-refractivity contribution in [3.63, 3.8) is 0 Å². The van der Waals surface area contributed by atoms with E-state index in [1.807, 2.05) is 12.3 Å². The van der Waals surface area contributed by atoms with Gasteiger partial charge in [0, 0.05) is 11.3 Å². The van der Waals surface area contributed by atoms with Gasteiger partial charge in [0.2, 0.25) is 0 Å². The van der Waals surface area contributed by atoms with Crippen LogP contribution in [-0.2, 0) is 14.3 Å². The average molecular weight is 326 g/mol. The van der Waals surface area contributed by atoms with E-state index < -0.39 is 5.97 Å². The first-order chi connectivity index (χ1) is 10.6. The van der Waals surface area contributed by atoms with Crippen LogP contribution >= 0.6 is 11.8 Å². The Hall–Kier alpha value is -1.69. The molecule has 22 heavy (non-hydrogen) atoms. The van der Waals surface area contributed by atoms with Crippen molar-refractivity contribution in [1.29, 1.82) is 0 Å². The zero-order valence-corrected chi connectivity index (χ0v) is 14.0. The molecule has 1 aromatic carbocycles. The van der Waals surface area contributed by atoms with Gasteiger partial charge in [-0.1, -0.05) is 6.07 Å². The molecule has 1 rings (SSSR count). The largest absolute Gasteiger partial charge is 0.491 e. The highest BCUT2D eigenvalue weighted by Gasteiger charge is 2.17. The zero-order chi connectivity index (χ0) is 16.4. The van der Waals surface area contributed by atoms with E-state index in [1.54, 1.807) is 26.0 Å². The number of thioether (sulfide) groups is 1. The van der Waals surface area contributed by atoms with Gasteiger partial charge in [-0.05, 0) is 38.7 Å². The van der Waals surface area contributed by atoms with Gasteiger partial charge in [-0.15, -0.1) is 11.8 Å². The van der Waals surface area contributed by atoms with E-state index in [4.69, 9.17) is 14.2 Å². The Kier molecular flexibility index (Phi) is 8.43. The van der Waals surface area contributed by atoms with Gasteiger partial charge in [-0.25, -0.2) is 4.79 Å². The summed E-state index contributed by atoms with van der Waals surface area (Å²) in [6, 6.07) is 5.36. The predicted molar refractivity (Wildman–Crippen MR) is 85.5 cm³/mol. The molecule has 0 spiro atoms. The van der Waals surface area contributed by atoms with Crippen LogP contribution in [-0.4, -0.2) is 38.0 Å². The molecule has 0 saturated carbocycles. The van der Waals surface area contributed by atoms with Crippen molar-refractivity contribution in [3.05, 3.63) is 23.8 Å². The van der Waals surface area contributed by atoms with Crippen molar-refractivity contribution in [1.82, 2.24) is 0 Å². The molecule has 0 saturated heterocycles. The van der Waals surface area contributed by atoms with Gasteiger partial charge in [0.25, 0.3) is 0 Å². The first-order valence-electron chi connectivity index (χ1n) is 7.26. The lowest BCUT2D eigenvalue weighted by Crippen LogP contribution is -2.11. The second-order valence-electron chi connectivity index (χ2n) is 4.31. The fourth-order valence-electron chi connectivity index (χ4n) is 1.82. The molecule has 0 unspecified atom stereocenters. The molecule has 1 aromatic rings. The lowest BCUT2D eigenvalue weighted by atomic mass is 10.2. The smallest absolute Gasteiger partial charge is 0.341 e. The fourth-order valence-corrected chi connectivity index (χ4v) is 2.39. The second kappa shape index (κ2) is 10.1. The van der Waals surface area contributed by atoms with Gasteiger partial charge in [0.15, 0.2) is 0 Å². The number of esters is 2. The minimum absolute atomic E-state index is 0.241. The van der Waals surface area contributed by atoms with Crippen LogP contribution in [0.3, 0.4) is 0 Å². The summed E-state index contributed by atoms with van der Waals surface area (Å²) in [6.07, 6.45) is 2.74. The molecule has 0 aliphatic heterocycles. The molecule has 122 valence electrons. The third-order valence-corrected chi connectivity index (χ3v) is 3.53. The standard InChI is InChI=1S/C16H22O5S/c1-4-19-14(17)10-7-11-21-15-12(16(18)20-5-2)8-6-9-13(15)22-3/h6,8-9H,4-5,7,10-11H2,1-3H3. The Bertz CT molecular complexity index is 501. The van der Waals surface area contributed by atoms with Crippen LogP contribution in [0, 0.1) is 0 Å². The fraction of sp³-hybridized carbons (Fsp3) is 0.500. The van der Waals surface area contributed by atoms with Crippen LogP contribution in [0.2, 0.25) is 0 Å². The Morgan fingerprint density at radius 3 is 2.50 bits per heavy atom. The van der Waals surface area contributed by atoms with Crippen LogP contribution in [0.25, 0.3) is 0 Å². The molecule has 0 heterocycles. The number of hydrogen-bond acceptors (Lipinski definition) is 6. The average Bonchev–Trinajstić information content (AvgIpc) is 2.51. The monoisotopic (exact) mass is 326 g/mol. The van der Waals surface area contributed by atoms with Crippen LogP contribution in [0.5, 0.6) is 5.75 Å². The van der Waals surface area contributed by atoms with Gasteiger partial charge >= 0.3 is 11.9 Å². The first kappa shape index (κ1) is 18.4. The molecule has 6 heteroatoms. The summed E-state index contributed by atoms with van der Waals surface area (Å²) in [7, 11) is 0. The molecule has 0 aromatic heterocycles. The van der Waals surface area contributed by atoms with Crippen molar-refractivity contribution >= 4 is 23.7 Å². The number of benzene rings is 1. The van der Waals surface area contributed by atoms with E-state index in [0.29, 0.717) is 44.0 Å². The molecule has 0 aliphatic carbocycles. The third kappa shape index (κ3) is 5.60.